The molecule has 0 spiro atoms. The van der Waals surface area contributed by atoms with E-state index in [-0.39, 0.29) is 11.8 Å². The number of hydrogen-bond donors (Lipinski definition) is 1. The van der Waals surface area contributed by atoms with Crippen LogP contribution in [0, 0.1) is 5.92 Å². The summed E-state index contributed by atoms with van der Waals surface area (Å²) >= 11 is 0. The van der Waals surface area contributed by atoms with Gasteiger partial charge in [0.25, 0.3) is 0 Å². The SMILES string of the molecule is COC(=O)[C@H](Cc1ccccc1)NC(=O)C(C)C. The first-order valence-electron chi connectivity index (χ1n) is 5.96. The van der Waals surface area contributed by atoms with Crippen molar-refractivity contribution in [3.05, 3.63) is 35.9 Å². The first-order chi connectivity index (χ1) is 8.54. The molecular weight excluding hydrogens is 230 g/mol. The monoisotopic (exact) mass is 249 g/mol. The Morgan fingerprint density at radius 3 is 2.33 bits per heavy atom. The highest BCUT2D eigenvalue weighted by atomic mass is 16.5. The molecule has 1 rings (SSSR count). The Morgan fingerprint density at radius 1 is 1.22 bits per heavy atom. The second-order valence-electron chi connectivity index (χ2n) is 4.43. The normalized spacial score (nSPS) is 12.0. The number of esters is 1. The number of benzene rings is 1. The summed E-state index contributed by atoms with van der Waals surface area (Å²) in [6, 6.07) is 8.90. The third kappa shape index (κ3) is 4.20. The highest BCUT2D eigenvalue weighted by Gasteiger charge is 2.22. The molecule has 0 radical (unpaired) electrons. The van der Waals surface area contributed by atoms with Gasteiger partial charge in [0, 0.05) is 12.3 Å². The zero-order valence-corrected chi connectivity index (χ0v) is 11.0. The van der Waals surface area contributed by atoms with Crippen LogP contribution in [0.3, 0.4) is 0 Å². The molecule has 4 nitrogen and oxygen atoms in total. The predicted octanol–water partition coefficient (Wildman–Crippen LogP) is 1.54. The maximum absolute atomic E-state index is 11.6. The summed E-state index contributed by atoms with van der Waals surface area (Å²) in [5.74, 6) is -0.734. The number of rotatable bonds is 5. The summed E-state index contributed by atoms with van der Waals surface area (Å²) in [5, 5.41) is 2.70. The van der Waals surface area contributed by atoms with E-state index in [4.69, 9.17) is 4.74 Å². The van der Waals surface area contributed by atoms with Crippen LogP contribution >= 0.6 is 0 Å². The van der Waals surface area contributed by atoms with E-state index in [1.54, 1.807) is 13.8 Å². The van der Waals surface area contributed by atoms with E-state index >= 15 is 0 Å². The van der Waals surface area contributed by atoms with E-state index in [0.29, 0.717) is 6.42 Å². The smallest absolute Gasteiger partial charge is 0.328 e. The summed E-state index contributed by atoms with van der Waals surface area (Å²) in [5.41, 5.74) is 0.983. The summed E-state index contributed by atoms with van der Waals surface area (Å²) in [6.45, 7) is 3.57. The number of methoxy groups -OCH3 is 1. The van der Waals surface area contributed by atoms with Crippen LogP contribution in [-0.2, 0) is 20.7 Å². The lowest BCUT2D eigenvalue weighted by Crippen LogP contribution is -2.44. The molecule has 18 heavy (non-hydrogen) atoms. The minimum absolute atomic E-state index is 0.152. The summed E-state index contributed by atoms with van der Waals surface area (Å²) in [7, 11) is 1.32. The molecule has 0 heterocycles. The molecule has 1 aromatic carbocycles. The largest absolute Gasteiger partial charge is 0.467 e. The molecule has 1 N–H and O–H groups in total. The summed E-state index contributed by atoms with van der Waals surface area (Å²) < 4.78 is 4.71. The number of nitrogens with one attached hydrogen (secondary N) is 1. The van der Waals surface area contributed by atoms with Gasteiger partial charge < -0.3 is 10.1 Å². The third-order valence-electron chi connectivity index (χ3n) is 2.61. The Balaban J connectivity index is 2.73. The fourth-order valence-corrected chi connectivity index (χ4v) is 1.52. The molecule has 1 amide bonds. The first kappa shape index (κ1) is 14.2. The molecule has 98 valence electrons. The molecule has 1 aromatic rings. The fourth-order valence-electron chi connectivity index (χ4n) is 1.52. The van der Waals surface area contributed by atoms with Gasteiger partial charge in [0.05, 0.1) is 7.11 Å². The van der Waals surface area contributed by atoms with E-state index in [1.807, 2.05) is 30.3 Å². The Kier molecular flexibility index (Phi) is 5.36. The maximum Gasteiger partial charge on any atom is 0.328 e. The molecule has 0 aliphatic carbocycles. The number of amides is 1. The molecule has 0 saturated heterocycles. The average Bonchev–Trinajstić information content (AvgIpc) is 2.38. The molecule has 0 bridgehead atoms. The van der Waals surface area contributed by atoms with Crippen molar-refractivity contribution in [1.82, 2.24) is 5.32 Å². The molecule has 4 heteroatoms. The van der Waals surface area contributed by atoms with Crippen molar-refractivity contribution in [3.63, 3.8) is 0 Å². The molecule has 0 aromatic heterocycles. The standard InChI is InChI=1S/C14H19NO3/c1-10(2)13(16)15-12(14(17)18-3)9-11-7-5-4-6-8-11/h4-8,10,12H,9H2,1-3H3,(H,15,16)/t12-/m0/s1. The topological polar surface area (TPSA) is 55.4 Å². The Bertz CT molecular complexity index is 401. The van der Waals surface area contributed by atoms with Crippen LogP contribution < -0.4 is 5.32 Å². The van der Waals surface area contributed by atoms with E-state index < -0.39 is 12.0 Å². The van der Waals surface area contributed by atoms with Crippen LogP contribution in [-0.4, -0.2) is 25.0 Å². The number of carbonyl (C=O) groups excluding carboxylic acids is 2. The van der Waals surface area contributed by atoms with Crippen LogP contribution in [0.2, 0.25) is 0 Å². The summed E-state index contributed by atoms with van der Waals surface area (Å²) in [4.78, 5) is 23.3. The highest BCUT2D eigenvalue weighted by molar-refractivity contribution is 5.85. The van der Waals surface area contributed by atoms with E-state index in [0.717, 1.165) is 5.56 Å². The van der Waals surface area contributed by atoms with Gasteiger partial charge in [0.1, 0.15) is 6.04 Å². The van der Waals surface area contributed by atoms with Crippen LogP contribution in [0.25, 0.3) is 0 Å². The minimum Gasteiger partial charge on any atom is -0.467 e. The zero-order valence-electron chi connectivity index (χ0n) is 11.0. The second kappa shape index (κ2) is 6.79. The molecular formula is C14H19NO3. The average molecular weight is 249 g/mol. The van der Waals surface area contributed by atoms with Crippen LogP contribution in [0.15, 0.2) is 30.3 Å². The second-order valence-corrected chi connectivity index (χ2v) is 4.43. The zero-order chi connectivity index (χ0) is 13.5. The quantitative estimate of drug-likeness (QED) is 0.805. The lowest BCUT2D eigenvalue weighted by molar-refractivity contribution is -0.145. The molecule has 0 aliphatic rings. The molecule has 0 saturated carbocycles. The van der Waals surface area contributed by atoms with Gasteiger partial charge in [-0.3, -0.25) is 4.79 Å². The van der Waals surface area contributed by atoms with Gasteiger partial charge in [-0.15, -0.1) is 0 Å². The van der Waals surface area contributed by atoms with Crippen molar-refractivity contribution in [1.29, 1.82) is 0 Å². The van der Waals surface area contributed by atoms with E-state index in [1.165, 1.54) is 7.11 Å². The van der Waals surface area contributed by atoms with Gasteiger partial charge >= 0.3 is 5.97 Å². The van der Waals surface area contributed by atoms with Crippen molar-refractivity contribution in [2.45, 2.75) is 26.3 Å². The Labute approximate surface area is 107 Å². The number of carbonyl (C=O) groups is 2. The predicted molar refractivity (Wildman–Crippen MR) is 68.9 cm³/mol. The molecule has 0 aliphatic heterocycles. The van der Waals surface area contributed by atoms with Gasteiger partial charge in [0.2, 0.25) is 5.91 Å². The maximum atomic E-state index is 11.6. The molecule has 0 fully saturated rings. The lowest BCUT2D eigenvalue weighted by atomic mass is 10.1. The Morgan fingerprint density at radius 2 is 1.83 bits per heavy atom. The van der Waals surface area contributed by atoms with Crippen LogP contribution in [0.5, 0.6) is 0 Å². The first-order valence-corrected chi connectivity index (χ1v) is 5.96. The van der Waals surface area contributed by atoms with E-state index in [9.17, 15) is 9.59 Å². The van der Waals surface area contributed by atoms with Gasteiger partial charge in [-0.2, -0.15) is 0 Å². The van der Waals surface area contributed by atoms with Crippen LogP contribution in [0.4, 0.5) is 0 Å². The van der Waals surface area contributed by atoms with Gasteiger partial charge in [-0.25, -0.2) is 4.79 Å². The lowest BCUT2D eigenvalue weighted by Gasteiger charge is -2.17. The minimum atomic E-state index is -0.632. The fraction of sp³-hybridized carbons (Fsp3) is 0.429. The van der Waals surface area contributed by atoms with Crippen molar-refractivity contribution < 1.29 is 14.3 Å². The van der Waals surface area contributed by atoms with Gasteiger partial charge in [0.15, 0.2) is 0 Å². The molecule has 1 atom stereocenters. The summed E-state index contributed by atoms with van der Waals surface area (Å²) in [6.07, 6.45) is 0.436. The van der Waals surface area contributed by atoms with Crippen molar-refractivity contribution in [3.8, 4) is 0 Å². The molecule has 0 unspecified atom stereocenters. The number of ether oxygens (including phenoxy) is 1. The van der Waals surface area contributed by atoms with Gasteiger partial charge in [-0.1, -0.05) is 44.2 Å². The number of hydrogen-bond acceptors (Lipinski definition) is 3. The Hall–Kier alpha value is -1.84. The van der Waals surface area contributed by atoms with Crippen molar-refractivity contribution in [2.24, 2.45) is 5.92 Å². The van der Waals surface area contributed by atoms with Crippen LogP contribution in [0.1, 0.15) is 19.4 Å². The van der Waals surface area contributed by atoms with Crippen molar-refractivity contribution >= 4 is 11.9 Å². The highest BCUT2D eigenvalue weighted by Crippen LogP contribution is 2.05. The third-order valence-corrected chi connectivity index (χ3v) is 2.61. The van der Waals surface area contributed by atoms with Gasteiger partial charge in [-0.05, 0) is 5.56 Å². The van der Waals surface area contributed by atoms with Crippen molar-refractivity contribution in [2.75, 3.05) is 7.11 Å². The van der Waals surface area contributed by atoms with E-state index in [2.05, 4.69) is 5.32 Å².